The first-order valence-electron chi connectivity index (χ1n) is 4.52. The predicted octanol–water partition coefficient (Wildman–Crippen LogP) is 0.951. The van der Waals surface area contributed by atoms with Crippen LogP contribution in [0.25, 0.3) is 0 Å². The topological polar surface area (TPSA) is 66.7 Å². The summed E-state index contributed by atoms with van der Waals surface area (Å²) in [5.74, 6) is 0. The van der Waals surface area contributed by atoms with E-state index in [4.69, 9.17) is 5.73 Å². The molecule has 4 N–H and O–H groups in total. The Labute approximate surface area is 85.0 Å². The molecule has 86 valence electrons. The van der Waals surface area contributed by atoms with E-state index in [9.17, 15) is 13.2 Å². The Morgan fingerprint density at radius 2 is 2.27 bits per heavy atom. The van der Waals surface area contributed by atoms with Crippen LogP contribution in [0, 0.1) is 0 Å². The second-order valence-electron chi connectivity index (χ2n) is 3.13. The summed E-state index contributed by atoms with van der Waals surface area (Å²) in [4.78, 5) is 0. The third-order valence-electron chi connectivity index (χ3n) is 1.87. The zero-order valence-electron chi connectivity index (χ0n) is 8.01. The van der Waals surface area contributed by atoms with Crippen LogP contribution in [-0.4, -0.2) is 29.5 Å². The highest BCUT2D eigenvalue weighted by molar-refractivity contribution is 5.05. The van der Waals surface area contributed by atoms with Crippen molar-refractivity contribution in [1.82, 2.24) is 15.5 Å². The minimum absolute atomic E-state index is 0.294. The van der Waals surface area contributed by atoms with Gasteiger partial charge in [0.2, 0.25) is 0 Å². The van der Waals surface area contributed by atoms with Crippen LogP contribution in [0.5, 0.6) is 0 Å². The fraction of sp³-hybridized carbons (Fsp3) is 0.625. The number of nitrogens with two attached hydrogens (primary N) is 1. The molecule has 0 aliphatic carbocycles. The first-order chi connectivity index (χ1) is 7.03. The van der Waals surface area contributed by atoms with Crippen molar-refractivity contribution in [3.8, 4) is 0 Å². The van der Waals surface area contributed by atoms with E-state index in [1.54, 1.807) is 0 Å². The number of nitrogens with one attached hydrogen (secondary N) is 2. The highest BCUT2D eigenvalue weighted by atomic mass is 19.4. The van der Waals surface area contributed by atoms with E-state index >= 15 is 0 Å². The van der Waals surface area contributed by atoms with Gasteiger partial charge in [-0.3, -0.25) is 5.10 Å². The number of aromatic amines is 1. The summed E-state index contributed by atoms with van der Waals surface area (Å²) in [7, 11) is 0. The molecule has 0 bridgehead atoms. The van der Waals surface area contributed by atoms with Crippen molar-refractivity contribution in [3.05, 3.63) is 18.0 Å². The summed E-state index contributed by atoms with van der Waals surface area (Å²) in [5, 5.41) is 8.85. The van der Waals surface area contributed by atoms with Gasteiger partial charge in [0.25, 0.3) is 0 Å². The number of H-pyrrole nitrogens is 1. The van der Waals surface area contributed by atoms with Crippen molar-refractivity contribution in [2.45, 2.75) is 18.6 Å². The molecule has 0 aliphatic rings. The Morgan fingerprint density at radius 1 is 1.53 bits per heavy atom. The van der Waals surface area contributed by atoms with E-state index < -0.39 is 18.6 Å². The maximum Gasteiger partial charge on any atom is 0.390 e. The molecule has 0 spiro atoms. The van der Waals surface area contributed by atoms with Gasteiger partial charge < -0.3 is 11.1 Å². The number of hydrogen-bond donors (Lipinski definition) is 3. The van der Waals surface area contributed by atoms with Gasteiger partial charge in [0.05, 0.1) is 18.2 Å². The summed E-state index contributed by atoms with van der Waals surface area (Å²) < 4.78 is 36.7. The fourth-order valence-corrected chi connectivity index (χ4v) is 1.24. The normalized spacial score (nSPS) is 14.1. The lowest BCUT2D eigenvalue weighted by Gasteiger charge is -2.18. The number of hydrogen-bond acceptors (Lipinski definition) is 3. The molecule has 0 amide bonds. The van der Waals surface area contributed by atoms with E-state index in [-0.39, 0.29) is 0 Å². The Balaban J connectivity index is 2.62. The van der Waals surface area contributed by atoms with Gasteiger partial charge in [0.1, 0.15) is 0 Å². The summed E-state index contributed by atoms with van der Waals surface area (Å²) in [6.45, 7) is 0.627. The Hall–Kier alpha value is -1.08. The van der Waals surface area contributed by atoms with Gasteiger partial charge in [0.15, 0.2) is 0 Å². The summed E-state index contributed by atoms with van der Waals surface area (Å²) in [6.07, 6.45) is -3.73. The molecule has 1 heterocycles. The highest BCUT2D eigenvalue weighted by Crippen LogP contribution is 2.28. The van der Waals surface area contributed by atoms with Crippen molar-refractivity contribution >= 4 is 0 Å². The lowest BCUT2D eigenvalue weighted by molar-refractivity contribution is -0.140. The number of halogens is 3. The number of nitrogens with zero attached hydrogens (tertiary/aromatic N) is 1. The zero-order valence-corrected chi connectivity index (χ0v) is 8.01. The smallest absolute Gasteiger partial charge is 0.329 e. The van der Waals surface area contributed by atoms with E-state index in [0.717, 1.165) is 0 Å². The standard InChI is InChI=1S/C8H13F3N4/c9-8(10,11)5-7(13-4-2-12)6-1-3-14-15-6/h1,3,7,13H,2,4-5,12H2,(H,14,15). The molecule has 0 fully saturated rings. The fourth-order valence-electron chi connectivity index (χ4n) is 1.24. The van der Waals surface area contributed by atoms with Gasteiger partial charge in [-0.25, -0.2) is 0 Å². The molecular weight excluding hydrogens is 209 g/mol. The Morgan fingerprint density at radius 3 is 2.73 bits per heavy atom. The molecule has 1 aromatic rings. The molecule has 15 heavy (non-hydrogen) atoms. The molecule has 1 aromatic heterocycles. The highest BCUT2D eigenvalue weighted by Gasteiger charge is 2.32. The van der Waals surface area contributed by atoms with Crippen molar-refractivity contribution in [3.63, 3.8) is 0 Å². The molecule has 4 nitrogen and oxygen atoms in total. The molecule has 1 unspecified atom stereocenters. The lowest BCUT2D eigenvalue weighted by atomic mass is 10.1. The Bertz CT molecular complexity index is 270. The van der Waals surface area contributed by atoms with Crippen molar-refractivity contribution in [2.75, 3.05) is 13.1 Å². The third kappa shape index (κ3) is 4.30. The van der Waals surface area contributed by atoms with Crippen LogP contribution in [0.2, 0.25) is 0 Å². The van der Waals surface area contributed by atoms with E-state index in [2.05, 4.69) is 15.5 Å². The molecule has 1 atom stereocenters. The zero-order chi connectivity index (χ0) is 11.3. The van der Waals surface area contributed by atoms with Gasteiger partial charge in [-0.05, 0) is 6.07 Å². The maximum absolute atomic E-state index is 12.2. The number of rotatable bonds is 5. The average molecular weight is 222 g/mol. The molecule has 0 radical (unpaired) electrons. The van der Waals surface area contributed by atoms with Gasteiger partial charge in [-0.2, -0.15) is 18.3 Å². The molecular formula is C8H13F3N4. The van der Waals surface area contributed by atoms with Gasteiger partial charge in [-0.15, -0.1) is 0 Å². The quantitative estimate of drug-likeness (QED) is 0.695. The van der Waals surface area contributed by atoms with E-state index in [0.29, 0.717) is 18.8 Å². The second-order valence-corrected chi connectivity index (χ2v) is 3.13. The van der Waals surface area contributed by atoms with E-state index in [1.807, 2.05) is 0 Å². The van der Waals surface area contributed by atoms with Crippen LogP contribution in [-0.2, 0) is 0 Å². The van der Waals surface area contributed by atoms with Crippen LogP contribution < -0.4 is 11.1 Å². The van der Waals surface area contributed by atoms with Gasteiger partial charge in [0, 0.05) is 19.3 Å². The van der Waals surface area contributed by atoms with Crippen LogP contribution >= 0.6 is 0 Å². The van der Waals surface area contributed by atoms with E-state index in [1.165, 1.54) is 12.3 Å². The first-order valence-corrected chi connectivity index (χ1v) is 4.52. The van der Waals surface area contributed by atoms with Crippen LogP contribution in [0.15, 0.2) is 12.3 Å². The van der Waals surface area contributed by atoms with Crippen molar-refractivity contribution in [1.29, 1.82) is 0 Å². The van der Waals surface area contributed by atoms with Crippen LogP contribution in [0.1, 0.15) is 18.2 Å². The second kappa shape index (κ2) is 5.13. The predicted molar refractivity (Wildman–Crippen MR) is 49.1 cm³/mol. The monoisotopic (exact) mass is 222 g/mol. The number of alkyl halides is 3. The maximum atomic E-state index is 12.2. The summed E-state index contributed by atoms with van der Waals surface area (Å²) >= 11 is 0. The molecule has 0 aliphatic heterocycles. The molecule has 1 rings (SSSR count). The van der Waals surface area contributed by atoms with Crippen molar-refractivity contribution in [2.24, 2.45) is 5.73 Å². The van der Waals surface area contributed by atoms with Crippen LogP contribution in [0.3, 0.4) is 0 Å². The minimum atomic E-state index is -4.21. The largest absolute Gasteiger partial charge is 0.390 e. The molecule has 7 heteroatoms. The van der Waals surface area contributed by atoms with Gasteiger partial charge in [-0.1, -0.05) is 0 Å². The van der Waals surface area contributed by atoms with Crippen molar-refractivity contribution < 1.29 is 13.2 Å². The van der Waals surface area contributed by atoms with Crippen LogP contribution in [0.4, 0.5) is 13.2 Å². The number of aromatic nitrogens is 2. The minimum Gasteiger partial charge on any atom is -0.329 e. The molecule has 0 saturated carbocycles. The summed E-state index contributed by atoms with van der Waals surface area (Å²) in [5.41, 5.74) is 5.64. The third-order valence-corrected chi connectivity index (χ3v) is 1.87. The molecule has 0 aromatic carbocycles. The first kappa shape index (κ1) is 12.0. The average Bonchev–Trinajstić information content (AvgIpc) is 2.63. The lowest BCUT2D eigenvalue weighted by Crippen LogP contribution is -2.31. The molecule has 0 saturated heterocycles. The van der Waals surface area contributed by atoms with Gasteiger partial charge >= 0.3 is 6.18 Å². The SMILES string of the molecule is NCCNC(CC(F)(F)F)c1ccn[nH]1. The summed E-state index contributed by atoms with van der Waals surface area (Å²) in [6, 6.07) is 0.705. The Kier molecular flexibility index (Phi) is 4.10.